The Hall–Kier alpha value is -3.63. The molecule has 1 saturated heterocycles. The summed E-state index contributed by atoms with van der Waals surface area (Å²) < 4.78 is 60.2. The minimum Gasteiger partial charge on any atom is -0.449 e. The maximum atomic E-state index is 14.6. The summed E-state index contributed by atoms with van der Waals surface area (Å²) in [7, 11) is 0. The van der Waals surface area contributed by atoms with Gasteiger partial charge in [0.05, 0.1) is 29.7 Å². The third kappa shape index (κ3) is 4.97. The second-order valence-electron chi connectivity index (χ2n) is 8.57. The molecule has 3 aromatic rings. The third-order valence-corrected chi connectivity index (χ3v) is 5.23. The zero-order valence-electron chi connectivity index (χ0n) is 18.4. The fourth-order valence-corrected chi connectivity index (χ4v) is 3.71. The summed E-state index contributed by atoms with van der Waals surface area (Å²) in [6.45, 7) is 3.34. The Labute approximate surface area is 192 Å². The number of carbonyl (C=O) groups is 2. The molecule has 0 spiro atoms. The predicted octanol–water partition coefficient (Wildman–Crippen LogP) is 5.40. The van der Waals surface area contributed by atoms with Crippen LogP contribution in [0.3, 0.4) is 0 Å². The van der Waals surface area contributed by atoms with Gasteiger partial charge in [-0.1, -0.05) is 6.07 Å². The number of cyclic esters (lactones) is 1. The van der Waals surface area contributed by atoms with E-state index >= 15 is 0 Å². The number of nitrogens with zero attached hydrogens (tertiary/aromatic N) is 3. The molecule has 180 valence electrons. The van der Waals surface area contributed by atoms with E-state index in [1.807, 2.05) is 0 Å². The van der Waals surface area contributed by atoms with Crippen LogP contribution in [0.2, 0.25) is 0 Å². The van der Waals surface area contributed by atoms with Crippen molar-refractivity contribution in [2.75, 3.05) is 23.4 Å². The Morgan fingerprint density at radius 3 is 2.59 bits per heavy atom. The molecule has 0 radical (unpaired) electrons. The Kier molecular flexibility index (Phi) is 5.96. The van der Waals surface area contributed by atoms with Gasteiger partial charge in [-0.05, 0) is 56.7 Å². The van der Waals surface area contributed by atoms with Crippen LogP contribution in [-0.4, -0.2) is 40.4 Å². The molecule has 0 bridgehead atoms. The summed E-state index contributed by atoms with van der Waals surface area (Å²) in [5.41, 5.74) is -1.48. The number of hydrogen-bond donors (Lipinski definition) is 1. The van der Waals surface area contributed by atoms with Crippen molar-refractivity contribution in [1.82, 2.24) is 9.55 Å². The first-order valence-corrected chi connectivity index (χ1v) is 10.5. The van der Waals surface area contributed by atoms with Crippen LogP contribution in [0.1, 0.15) is 36.2 Å². The quantitative estimate of drug-likeness (QED) is 0.498. The Morgan fingerprint density at radius 1 is 1.15 bits per heavy atom. The molecule has 34 heavy (non-hydrogen) atoms. The van der Waals surface area contributed by atoms with Crippen LogP contribution >= 0.6 is 0 Å². The van der Waals surface area contributed by atoms with Crippen LogP contribution in [0.4, 0.5) is 34.0 Å². The minimum atomic E-state index is -4.60. The molecule has 11 heteroatoms. The van der Waals surface area contributed by atoms with Gasteiger partial charge in [-0.15, -0.1) is 0 Å². The lowest BCUT2D eigenvalue weighted by Gasteiger charge is -2.26. The van der Waals surface area contributed by atoms with E-state index in [0.29, 0.717) is 36.3 Å². The van der Waals surface area contributed by atoms with Crippen molar-refractivity contribution in [3.8, 4) is 0 Å². The van der Waals surface area contributed by atoms with E-state index in [-0.39, 0.29) is 18.1 Å². The highest BCUT2D eigenvalue weighted by Gasteiger charge is 2.31. The van der Waals surface area contributed by atoms with Gasteiger partial charge in [-0.2, -0.15) is 13.2 Å². The fraction of sp³-hybridized carbons (Fsp3) is 0.348. The number of halogens is 4. The van der Waals surface area contributed by atoms with Crippen molar-refractivity contribution < 1.29 is 31.9 Å². The lowest BCUT2D eigenvalue weighted by molar-refractivity contribution is -0.137. The van der Waals surface area contributed by atoms with Gasteiger partial charge in [0.2, 0.25) is 5.95 Å². The van der Waals surface area contributed by atoms with Crippen LogP contribution in [0.5, 0.6) is 0 Å². The molecule has 0 unspecified atom stereocenters. The van der Waals surface area contributed by atoms with E-state index in [1.54, 1.807) is 18.2 Å². The lowest BCUT2D eigenvalue weighted by Crippen LogP contribution is -2.37. The van der Waals surface area contributed by atoms with Gasteiger partial charge >= 0.3 is 12.3 Å². The predicted molar refractivity (Wildman–Crippen MR) is 118 cm³/mol. The lowest BCUT2D eigenvalue weighted by atomic mass is 10.1. The summed E-state index contributed by atoms with van der Waals surface area (Å²) >= 11 is 0. The summed E-state index contributed by atoms with van der Waals surface area (Å²) in [6, 6.07) is 8.91. The van der Waals surface area contributed by atoms with Gasteiger partial charge in [0, 0.05) is 17.8 Å². The van der Waals surface area contributed by atoms with Crippen molar-refractivity contribution in [3.05, 3.63) is 53.6 Å². The molecule has 4 rings (SSSR count). The largest absolute Gasteiger partial charge is 0.449 e. The molecule has 0 atom stereocenters. The number of anilines is 2. The molecule has 2 aromatic carbocycles. The van der Waals surface area contributed by atoms with Crippen LogP contribution in [0.15, 0.2) is 42.5 Å². The molecule has 1 aliphatic heterocycles. The van der Waals surface area contributed by atoms with E-state index in [9.17, 15) is 27.2 Å². The standard InChI is InChI=1S/C23H22F4N4O3/c1-22(2,24)13-31-18-8-7-16(30-9-4-10-34-21(30)33)12-17(18)28-20(31)29-19(32)14-5-3-6-15(11-14)23(25,26)27/h3,5-8,11-12H,4,9-10,13H2,1-2H3,(H,28,29,32). The van der Waals surface area contributed by atoms with Crippen molar-refractivity contribution in [2.24, 2.45) is 0 Å². The molecule has 2 heterocycles. The topological polar surface area (TPSA) is 76.5 Å². The van der Waals surface area contributed by atoms with Crippen LogP contribution in [0.25, 0.3) is 11.0 Å². The zero-order valence-corrected chi connectivity index (χ0v) is 18.4. The summed E-state index contributed by atoms with van der Waals surface area (Å²) in [5, 5.41) is 2.50. The summed E-state index contributed by atoms with van der Waals surface area (Å²) in [5.74, 6) is -0.847. The molecular weight excluding hydrogens is 456 g/mol. The highest BCUT2D eigenvalue weighted by Crippen LogP contribution is 2.31. The molecule has 1 aliphatic rings. The first-order valence-electron chi connectivity index (χ1n) is 10.5. The van der Waals surface area contributed by atoms with Crippen molar-refractivity contribution in [1.29, 1.82) is 0 Å². The smallest absolute Gasteiger partial charge is 0.416 e. The van der Waals surface area contributed by atoms with Crippen LogP contribution < -0.4 is 10.2 Å². The SMILES string of the molecule is CC(C)(F)Cn1c(NC(=O)c2cccc(C(F)(F)F)c2)nc2cc(N3CCCOC3=O)ccc21. The molecule has 1 aromatic heterocycles. The first kappa shape index (κ1) is 23.5. The van der Waals surface area contributed by atoms with Crippen LogP contribution in [-0.2, 0) is 17.5 Å². The number of rotatable bonds is 5. The van der Waals surface area contributed by atoms with E-state index in [2.05, 4.69) is 10.3 Å². The monoisotopic (exact) mass is 478 g/mol. The molecule has 0 aliphatic carbocycles. The number of ether oxygens (including phenoxy) is 1. The van der Waals surface area contributed by atoms with Crippen molar-refractivity contribution in [3.63, 3.8) is 0 Å². The average Bonchev–Trinajstić information content (AvgIpc) is 3.08. The van der Waals surface area contributed by atoms with Crippen LogP contribution in [0, 0.1) is 0 Å². The van der Waals surface area contributed by atoms with Gasteiger partial charge in [0.1, 0.15) is 5.67 Å². The first-order chi connectivity index (χ1) is 15.9. The number of carbonyl (C=O) groups excluding carboxylic acids is 2. The van der Waals surface area contributed by atoms with E-state index < -0.39 is 29.4 Å². The number of imidazole rings is 1. The minimum absolute atomic E-state index is 0.0264. The van der Waals surface area contributed by atoms with E-state index in [4.69, 9.17) is 4.74 Å². The number of nitrogens with one attached hydrogen (secondary N) is 1. The highest BCUT2D eigenvalue weighted by atomic mass is 19.4. The third-order valence-electron chi connectivity index (χ3n) is 5.23. The molecule has 7 nitrogen and oxygen atoms in total. The maximum Gasteiger partial charge on any atom is 0.416 e. The number of benzene rings is 2. The number of aromatic nitrogens is 2. The van der Waals surface area contributed by atoms with Gasteiger partial charge in [0.15, 0.2) is 0 Å². The number of hydrogen-bond acceptors (Lipinski definition) is 4. The molecule has 1 N–H and O–H groups in total. The zero-order chi connectivity index (χ0) is 24.7. The maximum absolute atomic E-state index is 14.6. The van der Waals surface area contributed by atoms with E-state index in [1.165, 1.54) is 29.4 Å². The normalized spacial score (nSPS) is 14.9. The Bertz CT molecular complexity index is 1250. The molecule has 1 fully saturated rings. The number of fused-ring (bicyclic) bond motifs is 1. The van der Waals surface area contributed by atoms with Crippen molar-refractivity contribution >= 4 is 34.7 Å². The molecule has 2 amide bonds. The summed E-state index contributed by atoms with van der Waals surface area (Å²) in [6.07, 6.45) is -4.44. The van der Waals surface area contributed by atoms with E-state index in [0.717, 1.165) is 18.2 Å². The number of alkyl halides is 4. The van der Waals surface area contributed by atoms with Gasteiger partial charge in [-0.3, -0.25) is 15.0 Å². The number of amides is 2. The summed E-state index contributed by atoms with van der Waals surface area (Å²) in [4.78, 5) is 30.7. The molecular formula is C23H22F4N4O3. The second-order valence-corrected chi connectivity index (χ2v) is 8.57. The van der Waals surface area contributed by atoms with Gasteiger partial charge in [-0.25, -0.2) is 14.2 Å². The Morgan fingerprint density at radius 2 is 1.91 bits per heavy atom. The van der Waals surface area contributed by atoms with Crippen molar-refractivity contribution in [2.45, 2.75) is 38.7 Å². The Balaban J connectivity index is 1.71. The average molecular weight is 478 g/mol. The fourth-order valence-electron chi connectivity index (χ4n) is 3.71. The highest BCUT2D eigenvalue weighted by molar-refractivity contribution is 6.04. The van der Waals surface area contributed by atoms with Gasteiger partial charge < -0.3 is 9.30 Å². The van der Waals surface area contributed by atoms with Gasteiger partial charge in [0.25, 0.3) is 5.91 Å². The second kappa shape index (κ2) is 8.62. The molecule has 0 saturated carbocycles.